The number of aliphatic carboxylic acids is 1. The van der Waals surface area contributed by atoms with Crippen LogP contribution in [0.3, 0.4) is 0 Å². The molecule has 3 N–H and O–H groups in total. The zero-order valence-corrected chi connectivity index (χ0v) is 8.47. The normalized spacial score (nSPS) is 27.3. The Bertz CT molecular complexity index is 255. The van der Waals surface area contributed by atoms with E-state index in [1.54, 1.807) is 6.92 Å². The summed E-state index contributed by atoms with van der Waals surface area (Å²) in [5.74, 6) is -1.40. The monoisotopic (exact) mass is 217 g/mol. The van der Waals surface area contributed by atoms with E-state index in [-0.39, 0.29) is 18.6 Å². The summed E-state index contributed by atoms with van der Waals surface area (Å²) in [5.41, 5.74) is 0. The molecule has 0 saturated carbocycles. The van der Waals surface area contributed by atoms with Crippen molar-refractivity contribution in [2.24, 2.45) is 0 Å². The second-order valence-corrected chi connectivity index (χ2v) is 3.62. The lowest BCUT2D eigenvalue weighted by Gasteiger charge is -2.15. The average molecular weight is 217 g/mol. The fourth-order valence-corrected chi connectivity index (χ4v) is 1.39. The molecule has 0 aromatic rings. The summed E-state index contributed by atoms with van der Waals surface area (Å²) in [7, 11) is 0. The maximum Gasteiger partial charge on any atom is 0.332 e. The van der Waals surface area contributed by atoms with Crippen LogP contribution in [-0.2, 0) is 14.3 Å². The number of rotatable bonds is 4. The molecule has 3 atom stereocenters. The van der Waals surface area contributed by atoms with Gasteiger partial charge in [0.15, 0.2) is 6.10 Å². The van der Waals surface area contributed by atoms with Gasteiger partial charge in [0.1, 0.15) is 6.10 Å². The topological polar surface area (TPSA) is 95.9 Å². The SMILES string of the molecule is CC(CO)NC(=O)C1CCC(C(=O)O)O1. The number of ether oxygens (including phenoxy) is 1. The van der Waals surface area contributed by atoms with E-state index in [2.05, 4.69) is 5.32 Å². The zero-order chi connectivity index (χ0) is 11.4. The van der Waals surface area contributed by atoms with Gasteiger partial charge in [-0.25, -0.2) is 4.79 Å². The Labute approximate surface area is 87.2 Å². The third-order valence-corrected chi connectivity index (χ3v) is 2.25. The lowest BCUT2D eigenvalue weighted by Crippen LogP contribution is -2.42. The van der Waals surface area contributed by atoms with Gasteiger partial charge in [-0.1, -0.05) is 0 Å². The second kappa shape index (κ2) is 5.09. The first kappa shape index (κ1) is 11.9. The maximum absolute atomic E-state index is 11.4. The summed E-state index contributed by atoms with van der Waals surface area (Å²) in [6, 6.07) is -0.343. The van der Waals surface area contributed by atoms with Gasteiger partial charge < -0.3 is 20.3 Å². The van der Waals surface area contributed by atoms with Crippen LogP contribution in [0.25, 0.3) is 0 Å². The van der Waals surface area contributed by atoms with Crippen LogP contribution < -0.4 is 5.32 Å². The molecule has 1 saturated heterocycles. The Balaban J connectivity index is 2.40. The van der Waals surface area contributed by atoms with Crippen molar-refractivity contribution in [3.05, 3.63) is 0 Å². The van der Waals surface area contributed by atoms with Crippen molar-refractivity contribution in [3.63, 3.8) is 0 Å². The molecule has 1 heterocycles. The molecular weight excluding hydrogens is 202 g/mol. The van der Waals surface area contributed by atoms with E-state index in [4.69, 9.17) is 14.9 Å². The number of carbonyl (C=O) groups excluding carboxylic acids is 1. The minimum absolute atomic E-state index is 0.152. The molecule has 0 spiro atoms. The Kier molecular flexibility index (Phi) is 4.05. The number of carboxylic acid groups (broad SMARTS) is 1. The zero-order valence-electron chi connectivity index (χ0n) is 8.47. The lowest BCUT2D eigenvalue weighted by molar-refractivity contribution is -0.151. The number of carbonyl (C=O) groups is 2. The van der Waals surface area contributed by atoms with E-state index in [9.17, 15) is 9.59 Å². The highest BCUT2D eigenvalue weighted by atomic mass is 16.5. The summed E-state index contributed by atoms with van der Waals surface area (Å²) in [5, 5.41) is 19.9. The molecule has 1 rings (SSSR count). The largest absolute Gasteiger partial charge is 0.479 e. The molecule has 15 heavy (non-hydrogen) atoms. The van der Waals surface area contributed by atoms with E-state index in [0.717, 1.165) is 0 Å². The Morgan fingerprint density at radius 3 is 2.53 bits per heavy atom. The van der Waals surface area contributed by atoms with Crippen LogP contribution in [0.1, 0.15) is 19.8 Å². The number of hydrogen-bond acceptors (Lipinski definition) is 4. The minimum atomic E-state index is -1.04. The fraction of sp³-hybridized carbons (Fsp3) is 0.778. The summed E-state index contributed by atoms with van der Waals surface area (Å²) < 4.78 is 5.04. The van der Waals surface area contributed by atoms with Crippen LogP contribution in [0.4, 0.5) is 0 Å². The molecule has 0 aromatic carbocycles. The van der Waals surface area contributed by atoms with Gasteiger partial charge in [-0.15, -0.1) is 0 Å². The van der Waals surface area contributed by atoms with Crippen LogP contribution in [0.15, 0.2) is 0 Å². The van der Waals surface area contributed by atoms with E-state index in [0.29, 0.717) is 12.8 Å². The number of amides is 1. The number of aliphatic hydroxyl groups excluding tert-OH is 1. The third kappa shape index (κ3) is 3.17. The van der Waals surface area contributed by atoms with Crippen molar-refractivity contribution >= 4 is 11.9 Å². The van der Waals surface area contributed by atoms with E-state index in [1.807, 2.05) is 0 Å². The predicted octanol–water partition coefficient (Wildman–Crippen LogP) is -0.884. The standard InChI is InChI=1S/C9H15NO5/c1-5(4-11)10-8(12)6-2-3-7(15-6)9(13)14/h5-7,11H,2-4H2,1H3,(H,10,12)(H,13,14). The van der Waals surface area contributed by atoms with Crippen molar-refractivity contribution in [2.75, 3.05) is 6.61 Å². The molecule has 1 aliphatic rings. The summed E-state index contributed by atoms with van der Waals surface area (Å²) in [6.45, 7) is 1.50. The molecule has 0 radical (unpaired) electrons. The maximum atomic E-state index is 11.4. The molecule has 3 unspecified atom stereocenters. The molecule has 0 aromatic heterocycles. The van der Waals surface area contributed by atoms with E-state index >= 15 is 0 Å². The van der Waals surface area contributed by atoms with Gasteiger partial charge in [-0.3, -0.25) is 4.79 Å². The molecule has 6 nitrogen and oxygen atoms in total. The lowest BCUT2D eigenvalue weighted by atomic mass is 10.2. The average Bonchev–Trinajstić information content (AvgIpc) is 2.66. The van der Waals surface area contributed by atoms with Crippen molar-refractivity contribution in [1.82, 2.24) is 5.32 Å². The molecule has 86 valence electrons. The first-order valence-corrected chi connectivity index (χ1v) is 4.84. The van der Waals surface area contributed by atoms with Crippen molar-refractivity contribution in [2.45, 2.75) is 38.0 Å². The number of nitrogens with one attached hydrogen (secondary N) is 1. The fourth-order valence-electron chi connectivity index (χ4n) is 1.39. The van der Waals surface area contributed by atoms with Gasteiger partial charge >= 0.3 is 5.97 Å². The van der Waals surface area contributed by atoms with E-state index < -0.39 is 18.2 Å². The Morgan fingerprint density at radius 2 is 2.07 bits per heavy atom. The van der Waals surface area contributed by atoms with E-state index in [1.165, 1.54) is 0 Å². The number of hydrogen-bond donors (Lipinski definition) is 3. The minimum Gasteiger partial charge on any atom is -0.479 e. The molecule has 1 amide bonds. The Morgan fingerprint density at radius 1 is 1.47 bits per heavy atom. The van der Waals surface area contributed by atoms with Crippen LogP contribution in [0.2, 0.25) is 0 Å². The van der Waals surface area contributed by atoms with Gasteiger partial charge in [0, 0.05) is 6.04 Å². The number of aliphatic hydroxyl groups is 1. The summed E-state index contributed by atoms with van der Waals surface area (Å²) in [4.78, 5) is 22.0. The van der Waals surface area contributed by atoms with Gasteiger partial charge in [0.2, 0.25) is 5.91 Å². The van der Waals surface area contributed by atoms with Crippen molar-refractivity contribution < 1.29 is 24.5 Å². The van der Waals surface area contributed by atoms with Gasteiger partial charge in [0.05, 0.1) is 6.61 Å². The van der Waals surface area contributed by atoms with Gasteiger partial charge in [-0.05, 0) is 19.8 Å². The predicted molar refractivity (Wildman–Crippen MR) is 50.2 cm³/mol. The third-order valence-electron chi connectivity index (χ3n) is 2.25. The molecular formula is C9H15NO5. The molecule has 1 aliphatic heterocycles. The summed E-state index contributed by atoms with van der Waals surface area (Å²) >= 11 is 0. The molecule has 1 fully saturated rings. The van der Waals surface area contributed by atoms with Crippen LogP contribution in [0.5, 0.6) is 0 Å². The molecule has 0 bridgehead atoms. The first-order chi connectivity index (χ1) is 7.04. The highest BCUT2D eigenvalue weighted by molar-refractivity contribution is 5.82. The molecule has 0 aliphatic carbocycles. The smallest absolute Gasteiger partial charge is 0.332 e. The highest BCUT2D eigenvalue weighted by Gasteiger charge is 2.34. The van der Waals surface area contributed by atoms with Crippen LogP contribution in [0, 0.1) is 0 Å². The van der Waals surface area contributed by atoms with Crippen molar-refractivity contribution in [3.8, 4) is 0 Å². The Hall–Kier alpha value is -1.14. The second-order valence-electron chi connectivity index (χ2n) is 3.62. The number of carboxylic acids is 1. The van der Waals surface area contributed by atoms with Crippen LogP contribution >= 0.6 is 0 Å². The quantitative estimate of drug-likeness (QED) is 0.568. The molecule has 6 heteroatoms. The summed E-state index contributed by atoms with van der Waals surface area (Å²) in [6.07, 6.45) is -0.840. The van der Waals surface area contributed by atoms with Gasteiger partial charge in [-0.2, -0.15) is 0 Å². The van der Waals surface area contributed by atoms with Crippen molar-refractivity contribution in [1.29, 1.82) is 0 Å². The highest BCUT2D eigenvalue weighted by Crippen LogP contribution is 2.19. The first-order valence-electron chi connectivity index (χ1n) is 4.84. The van der Waals surface area contributed by atoms with Crippen LogP contribution in [-0.4, -0.2) is 46.9 Å². The van der Waals surface area contributed by atoms with Gasteiger partial charge in [0.25, 0.3) is 0 Å².